The number of aryl methyl sites for hydroxylation is 1. The van der Waals surface area contributed by atoms with Crippen molar-refractivity contribution in [2.75, 3.05) is 23.3 Å². The number of nitrogens with one attached hydrogen (secondary N) is 1. The van der Waals surface area contributed by atoms with Gasteiger partial charge >= 0.3 is 5.57 Å². The number of hydrogen-bond acceptors (Lipinski definition) is 8. The first-order valence-electron chi connectivity index (χ1n) is 10.2. The van der Waals surface area contributed by atoms with Crippen molar-refractivity contribution < 1.29 is 28.5 Å². The summed E-state index contributed by atoms with van der Waals surface area (Å²) >= 11 is 4.75. The fourth-order valence-electron chi connectivity index (χ4n) is 3.46. The molecule has 2 aromatic heterocycles. The molecule has 3 aromatic rings. The predicted octanol–water partition coefficient (Wildman–Crippen LogP) is 2.81. The molecule has 3 N–H and O–H groups in total. The Bertz CT molecular complexity index is 1170. The van der Waals surface area contributed by atoms with E-state index in [0.717, 1.165) is 0 Å². The topological polar surface area (TPSA) is 121 Å². The predicted molar refractivity (Wildman–Crippen MR) is 120 cm³/mol. The van der Waals surface area contributed by atoms with Crippen molar-refractivity contribution in [1.29, 1.82) is 0 Å². The summed E-state index contributed by atoms with van der Waals surface area (Å²) in [7, 11) is 0. The minimum atomic E-state index is -3.84. The van der Waals surface area contributed by atoms with Gasteiger partial charge in [-0.05, 0) is 37.3 Å². The van der Waals surface area contributed by atoms with Gasteiger partial charge in [0.05, 0.1) is 17.8 Å². The van der Waals surface area contributed by atoms with Crippen molar-refractivity contribution in [3.05, 3.63) is 60.3 Å². The van der Waals surface area contributed by atoms with Crippen LogP contribution in [0.4, 0.5) is 20.3 Å². The maximum Gasteiger partial charge on any atom is 0.487 e. The number of halogens is 3. The van der Waals surface area contributed by atoms with E-state index in [9.17, 15) is 23.8 Å². The summed E-state index contributed by atoms with van der Waals surface area (Å²) in [6.07, 6.45) is 2.72. The Morgan fingerprint density at radius 2 is 1.74 bits per heavy atom. The molecule has 2 unspecified atom stereocenters. The number of alkyl halides is 3. The molecular formula is C22H20ClF2N5O4. The van der Waals surface area contributed by atoms with Gasteiger partial charge in [-0.15, -0.1) is 8.78 Å². The SMILES string of the molecule is Cc1ncc(-c2cc(C(=O)Nc3ccc(OC(F)(F)Cl)cc3)cnc2N2CC(O)C(O)C2)cn1. The number of anilines is 2. The molecule has 1 aliphatic heterocycles. The zero-order valence-corrected chi connectivity index (χ0v) is 18.6. The number of aliphatic hydroxyl groups excluding tert-OH is 2. The van der Waals surface area contributed by atoms with E-state index in [2.05, 4.69) is 25.0 Å². The average Bonchev–Trinajstić information content (AvgIpc) is 3.12. The van der Waals surface area contributed by atoms with Crippen LogP contribution in [-0.4, -0.2) is 61.9 Å². The van der Waals surface area contributed by atoms with Crippen molar-refractivity contribution in [2.24, 2.45) is 0 Å². The molecule has 0 aliphatic carbocycles. The second-order valence-corrected chi connectivity index (χ2v) is 8.12. The number of benzene rings is 1. The molecule has 1 amide bonds. The highest BCUT2D eigenvalue weighted by Gasteiger charge is 2.32. The number of pyridine rings is 1. The fraction of sp³-hybridized carbons (Fsp3) is 0.273. The third kappa shape index (κ3) is 5.56. The van der Waals surface area contributed by atoms with Gasteiger partial charge < -0.3 is 25.2 Å². The molecule has 0 bridgehead atoms. The van der Waals surface area contributed by atoms with Crippen LogP contribution in [0.1, 0.15) is 16.2 Å². The average molecular weight is 492 g/mol. The maximum absolute atomic E-state index is 12.9. The lowest BCUT2D eigenvalue weighted by Crippen LogP contribution is -2.23. The molecular weight excluding hydrogens is 472 g/mol. The Kier molecular flexibility index (Phi) is 6.60. The van der Waals surface area contributed by atoms with Crippen molar-refractivity contribution in [3.63, 3.8) is 0 Å². The zero-order chi connectivity index (χ0) is 24.5. The fourth-order valence-corrected chi connectivity index (χ4v) is 3.55. The molecule has 12 heteroatoms. The van der Waals surface area contributed by atoms with E-state index in [0.29, 0.717) is 28.5 Å². The smallest absolute Gasteiger partial charge is 0.420 e. The Labute approximate surface area is 198 Å². The Morgan fingerprint density at radius 1 is 1.12 bits per heavy atom. The van der Waals surface area contributed by atoms with Gasteiger partial charge in [-0.2, -0.15) is 0 Å². The maximum atomic E-state index is 12.9. The van der Waals surface area contributed by atoms with E-state index < -0.39 is 23.7 Å². The Balaban J connectivity index is 1.60. The largest absolute Gasteiger partial charge is 0.487 e. The Hall–Kier alpha value is -3.41. The summed E-state index contributed by atoms with van der Waals surface area (Å²) in [5.74, 6) is 0.369. The van der Waals surface area contributed by atoms with Gasteiger partial charge in [0.15, 0.2) is 0 Å². The molecule has 1 saturated heterocycles. The van der Waals surface area contributed by atoms with E-state index in [1.807, 2.05) is 0 Å². The van der Waals surface area contributed by atoms with Crippen LogP contribution in [0.15, 0.2) is 48.9 Å². The minimum absolute atomic E-state index is 0.166. The van der Waals surface area contributed by atoms with Crippen LogP contribution in [0.3, 0.4) is 0 Å². The monoisotopic (exact) mass is 491 g/mol. The molecule has 0 radical (unpaired) electrons. The van der Waals surface area contributed by atoms with Crippen molar-refractivity contribution in [2.45, 2.75) is 24.7 Å². The normalized spacial score (nSPS) is 18.1. The van der Waals surface area contributed by atoms with E-state index in [1.54, 1.807) is 30.3 Å². The van der Waals surface area contributed by atoms with Crippen LogP contribution in [-0.2, 0) is 0 Å². The van der Waals surface area contributed by atoms with Crippen LogP contribution < -0.4 is 15.0 Å². The number of carbonyl (C=O) groups is 1. The molecule has 178 valence electrons. The zero-order valence-electron chi connectivity index (χ0n) is 17.8. The van der Waals surface area contributed by atoms with E-state index >= 15 is 0 Å². The van der Waals surface area contributed by atoms with Crippen LogP contribution in [0.5, 0.6) is 5.75 Å². The molecule has 1 aliphatic rings. The summed E-state index contributed by atoms with van der Waals surface area (Å²) in [5, 5.41) is 22.6. The van der Waals surface area contributed by atoms with Gasteiger partial charge in [0, 0.05) is 60.1 Å². The van der Waals surface area contributed by atoms with Crippen molar-refractivity contribution in [3.8, 4) is 16.9 Å². The lowest BCUT2D eigenvalue weighted by molar-refractivity contribution is -0.0964. The van der Waals surface area contributed by atoms with Gasteiger partial charge in [0.1, 0.15) is 17.4 Å². The summed E-state index contributed by atoms with van der Waals surface area (Å²) in [4.78, 5) is 27.4. The van der Waals surface area contributed by atoms with Crippen LogP contribution in [0.25, 0.3) is 11.1 Å². The van der Waals surface area contributed by atoms with Crippen LogP contribution in [0, 0.1) is 6.92 Å². The first-order valence-corrected chi connectivity index (χ1v) is 10.5. The second-order valence-electron chi connectivity index (χ2n) is 7.68. The van der Waals surface area contributed by atoms with Crippen molar-refractivity contribution >= 4 is 29.0 Å². The standard InChI is InChI=1S/C22H20ClF2N5O4/c1-12-26-8-14(9-27-12)17-6-13(7-28-20(17)30-10-18(31)19(32)11-30)21(33)29-15-2-4-16(5-3-15)34-22(23,24)25/h2-9,18-19,31-32H,10-11H2,1H3,(H,29,33). The highest BCUT2D eigenvalue weighted by atomic mass is 35.5. The number of ether oxygens (including phenoxy) is 1. The van der Waals surface area contributed by atoms with Gasteiger partial charge in [-0.3, -0.25) is 4.79 Å². The number of carbonyl (C=O) groups excluding carboxylic acids is 1. The number of β-amino-alcohol motifs (C(OH)–C–C–N with tert-alkyl or cyclic N) is 2. The van der Waals surface area contributed by atoms with E-state index in [-0.39, 0.29) is 24.4 Å². The van der Waals surface area contributed by atoms with Gasteiger partial charge in [0.2, 0.25) is 0 Å². The third-order valence-corrected chi connectivity index (χ3v) is 5.20. The summed E-state index contributed by atoms with van der Waals surface area (Å²) in [5.41, 5.74) is -2.14. The summed E-state index contributed by atoms with van der Waals surface area (Å²) in [6, 6.07) is 6.87. The van der Waals surface area contributed by atoms with Gasteiger partial charge in [0.25, 0.3) is 5.91 Å². The van der Waals surface area contributed by atoms with Crippen molar-refractivity contribution in [1.82, 2.24) is 15.0 Å². The molecule has 1 fully saturated rings. The van der Waals surface area contributed by atoms with Crippen LogP contribution in [0.2, 0.25) is 0 Å². The lowest BCUT2D eigenvalue weighted by atomic mass is 10.1. The second kappa shape index (κ2) is 9.45. The molecule has 34 heavy (non-hydrogen) atoms. The summed E-state index contributed by atoms with van der Waals surface area (Å²) < 4.78 is 29.8. The van der Waals surface area contributed by atoms with Crippen LogP contribution >= 0.6 is 11.6 Å². The van der Waals surface area contributed by atoms with E-state index in [4.69, 9.17) is 11.6 Å². The minimum Gasteiger partial charge on any atom is -0.420 e. The highest BCUT2D eigenvalue weighted by Crippen LogP contribution is 2.32. The molecule has 9 nitrogen and oxygen atoms in total. The first kappa shape index (κ1) is 23.7. The molecule has 1 aromatic carbocycles. The van der Waals surface area contributed by atoms with Gasteiger partial charge in [-0.1, -0.05) is 0 Å². The highest BCUT2D eigenvalue weighted by molar-refractivity contribution is 6.20. The number of aliphatic hydroxyl groups is 2. The third-order valence-electron chi connectivity index (χ3n) is 5.13. The number of amides is 1. The van der Waals surface area contributed by atoms with Gasteiger partial charge in [-0.25, -0.2) is 15.0 Å². The molecule has 2 atom stereocenters. The Morgan fingerprint density at radius 3 is 2.32 bits per heavy atom. The quantitative estimate of drug-likeness (QED) is 0.450. The molecule has 0 saturated carbocycles. The number of nitrogens with zero attached hydrogens (tertiary/aromatic N) is 4. The first-order chi connectivity index (χ1) is 16.1. The molecule has 0 spiro atoms. The molecule has 3 heterocycles. The number of rotatable bonds is 6. The summed E-state index contributed by atoms with van der Waals surface area (Å²) in [6.45, 7) is 2.09. The van der Waals surface area contributed by atoms with E-state index in [1.165, 1.54) is 30.5 Å². The molecule has 4 rings (SSSR count). The lowest BCUT2D eigenvalue weighted by Gasteiger charge is -2.20. The number of aromatic nitrogens is 3. The number of hydrogen-bond donors (Lipinski definition) is 3.